The molecule has 1 atom stereocenters. The first-order valence-electron chi connectivity index (χ1n) is 4.59. The van der Waals surface area contributed by atoms with Gasteiger partial charge in [-0.2, -0.15) is 11.8 Å². The van der Waals surface area contributed by atoms with Crippen molar-refractivity contribution in [2.24, 2.45) is 5.73 Å². The molecule has 0 aliphatic carbocycles. The molecule has 88 valence electrons. The van der Waals surface area contributed by atoms with Crippen LogP contribution in [0.2, 0.25) is 0 Å². The molecule has 0 aromatic heterocycles. The van der Waals surface area contributed by atoms with Crippen LogP contribution in [0.3, 0.4) is 0 Å². The highest BCUT2D eigenvalue weighted by Crippen LogP contribution is 1.99. The average molecular weight is 234 g/mol. The molecule has 0 saturated heterocycles. The fraction of sp³-hybridized carbons (Fsp3) is 0.778. The Balaban J connectivity index is 3.93. The lowest BCUT2D eigenvalue weighted by Gasteiger charge is -2.20. The summed E-state index contributed by atoms with van der Waals surface area (Å²) in [7, 11) is 2.95. The van der Waals surface area contributed by atoms with Crippen LogP contribution in [0.4, 0.5) is 0 Å². The first-order valence-corrected chi connectivity index (χ1v) is 5.98. The Morgan fingerprint density at radius 2 is 2.13 bits per heavy atom. The molecule has 0 fully saturated rings. The normalized spacial score (nSPS) is 12.0. The summed E-state index contributed by atoms with van der Waals surface area (Å²) in [5, 5.41) is 0. The van der Waals surface area contributed by atoms with Crippen molar-refractivity contribution < 1.29 is 14.3 Å². The lowest BCUT2D eigenvalue weighted by atomic mass is 10.3. The fourth-order valence-electron chi connectivity index (χ4n) is 1.01. The summed E-state index contributed by atoms with van der Waals surface area (Å²) in [6, 6.07) is -0.498. The van der Waals surface area contributed by atoms with Crippen molar-refractivity contribution in [2.45, 2.75) is 12.5 Å². The molecule has 0 aliphatic heterocycles. The molecular weight excluding hydrogens is 216 g/mol. The molecule has 2 N–H and O–H groups in total. The number of methoxy groups -OCH3 is 1. The molecule has 0 heterocycles. The fourth-order valence-corrected chi connectivity index (χ4v) is 1.51. The van der Waals surface area contributed by atoms with Crippen LogP contribution in [0.1, 0.15) is 6.42 Å². The number of carbonyl (C=O) groups excluding carboxylic acids is 2. The number of hydrogen-bond donors (Lipinski definition) is 1. The smallest absolute Gasteiger partial charge is 0.307 e. The van der Waals surface area contributed by atoms with Crippen LogP contribution in [0.15, 0.2) is 0 Å². The maximum atomic E-state index is 11.6. The number of carbonyl (C=O) groups is 2. The van der Waals surface area contributed by atoms with Gasteiger partial charge in [0, 0.05) is 19.3 Å². The average Bonchev–Trinajstić information content (AvgIpc) is 2.24. The van der Waals surface area contributed by atoms with Gasteiger partial charge in [0.15, 0.2) is 0 Å². The number of amides is 1. The topological polar surface area (TPSA) is 72.6 Å². The van der Waals surface area contributed by atoms with E-state index in [1.807, 2.05) is 6.26 Å². The number of rotatable bonds is 6. The van der Waals surface area contributed by atoms with E-state index in [1.54, 1.807) is 7.05 Å². The number of likely N-dealkylation sites (N-methyl/N-ethyl adjacent to an activating group) is 1. The summed E-state index contributed by atoms with van der Waals surface area (Å²) < 4.78 is 4.48. The molecule has 0 aromatic rings. The van der Waals surface area contributed by atoms with E-state index in [2.05, 4.69) is 4.74 Å². The number of esters is 1. The van der Waals surface area contributed by atoms with Gasteiger partial charge in [-0.3, -0.25) is 9.59 Å². The highest BCUT2D eigenvalue weighted by atomic mass is 32.2. The SMILES string of the molecule is COC(=O)CCN(C)C(=O)C(N)CSC. The van der Waals surface area contributed by atoms with Gasteiger partial charge in [0.1, 0.15) is 0 Å². The zero-order valence-electron chi connectivity index (χ0n) is 9.36. The van der Waals surface area contributed by atoms with Crippen LogP contribution < -0.4 is 5.73 Å². The predicted molar refractivity (Wildman–Crippen MR) is 60.6 cm³/mol. The third kappa shape index (κ3) is 5.64. The molecular formula is C9H18N2O3S. The predicted octanol–water partition coefficient (Wildman–Crippen LogP) is -0.302. The summed E-state index contributed by atoms with van der Waals surface area (Å²) in [5.74, 6) is 0.114. The Hall–Kier alpha value is -0.750. The molecule has 15 heavy (non-hydrogen) atoms. The first-order chi connectivity index (χ1) is 7.02. The molecule has 0 aliphatic rings. The zero-order valence-corrected chi connectivity index (χ0v) is 10.2. The summed E-state index contributed by atoms with van der Waals surface area (Å²) in [6.07, 6.45) is 2.09. The van der Waals surface area contributed by atoms with Gasteiger partial charge < -0.3 is 15.4 Å². The minimum Gasteiger partial charge on any atom is -0.469 e. The van der Waals surface area contributed by atoms with Gasteiger partial charge in [0.05, 0.1) is 19.6 Å². The summed E-state index contributed by atoms with van der Waals surface area (Å²) in [6.45, 7) is 0.341. The molecule has 5 nitrogen and oxygen atoms in total. The number of nitrogens with two attached hydrogens (primary N) is 1. The Bertz CT molecular complexity index is 223. The molecule has 0 saturated carbocycles. The van der Waals surface area contributed by atoms with Crippen molar-refractivity contribution in [1.29, 1.82) is 0 Å². The second kappa shape index (κ2) is 7.53. The minimum atomic E-state index is -0.498. The van der Waals surface area contributed by atoms with E-state index in [9.17, 15) is 9.59 Å². The Morgan fingerprint density at radius 1 is 1.53 bits per heavy atom. The highest BCUT2D eigenvalue weighted by Gasteiger charge is 2.17. The van der Waals surface area contributed by atoms with Crippen LogP contribution in [0.25, 0.3) is 0 Å². The lowest BCUT2D eigenvalue weighted by Crippen LogP contribution is -2.44. The molecule has 0 rings (SSSR count). The lowest BCUT2D eigenvalue weighted by molar-refractivity contribution is -0.141. The van der Waals surface area contributed by atoms with Crippen molar-refractivity contribution >= 4 is 23.6 Å². The summed E-state index contributed by atoms with van der Waals surface area (Å²) in [5.41, 5.74) is 5.64. The van der Waals surface area contributed by atoms with E-state index in [-0.39, 0.29) is 18.3 Å². The molecule has 1 unspecified atom stereocenters. The van der Waals surface area contributed by atoms with Crippen molar-refractivity contribution in [1.82, 2.24) is 4.90 Å². The van der Waals surface area contributed by atoms with Crippen molar-refractivity contribution in [2.75, 3.05) is 32.7 Å². The van der Waals surface area contributed by atoms with Crippen LogP contribution in [-0.2, 0) is 14.3 Å². The van der Waals surface area contributed by atoms with Gasteiger partial charge in [-0.05, 0) is 6.26 Å². The molecule has 1 amide bonds. The van der Waals surface area contributed by atoms with Crippen LogP contribution >= 0.6 is 11.8 Å². The quantitative estimate of drug-likeness (QED) is 0.639. The van der Waals surface area contributed by atoms with E-state index >= 15 is 0 Å². The van der Waals surface area contributed by atoms with Crippen molar-refractivity contribution in [3.05, 3.63) is 0 Å². The standard InChI is InChI=1S/C9H18N2O3S/c1-11(5-4-8(12)14-2)9(13)7(10)6-15-3/h7H,4-6,10H2,1-3H3. The molecule has 0 aromatic carbocycles. The maximum Gasteiger partial charge on any atom is 0.307 e. The van der Waals surface area contributed by atoms with Gasteiger partial charge in [0.2, 0.25) is 5.91 Å². The van der Waals surface area contributed by atoms with E-state index in [1.165, 1.54) is 23.8 Å². The van der Waals surface area contributed by atoms with Crippen LogP contribution in [0.5, 0.6) is 0 Å². The van der Waals surface area contributed by atoms with E-state index in [0.29, 0.717) is 12.3 Å². The zero-order chi connectivity index (χ0) is 11.8. The Kier molecular flexibility index (Phi) is 7.15. The largest absolute Gasteiger partial charge is 0.469 e. The Labute approximate surface area is 94.3 Å². The van der Waals surface area contributed by atoms with Gasteiger partial charge in [0.25, 0.3) is 0 Å². The van der Waals surface area contributed by atoms with Crippen LogP contribution in [0, 0.1) is 0 Å². The third-order valence-electron chi connectivity index (χ3n) is 1.92. The van der Waals surface area contributed by atoms with Gasteiger partial charge in [-0.1, -0.05) is 0 Å². The van der Waals surface area contributed by atoms with Gasteiger partial charge >= 0.3 is 5.97 Å². The van der Waals surface area contributed by atoms with E-state index in [0.717, 1.165) is 0 Å². The van der Waals surface area contributed by atoms with E-state index < -0.39 is 6.04 Å². The Morgan fingerprint density at radius 3 is 2.60 bits per heavy atom. The van der Waals surface area contributed by atoms with E-state index in [4.69, 9.17) is 5.73 Å². The summed E-state index contributed by atoms with van der Waals surface area (Å²) in [4.78, 5) is 23.9. The molecule has 0 radical (unpaired) electrons. The van der Waals surface area contributed by atoms with Crippen molar-refractivity contribution in [3.63, 3.8) is 0 Å². The summed E-state index contributed by atoms with van der Waals surface area (Å²) >= 11 is 1.52. The monoisotopic (exact) mass is 234 g/mol. The molecule has 0 bridgehead atoms. The molecule has 6 heteroatoms. The third-order valence-corrected chi connectivity index (χ3v) is 2.61. The minimum absolute atomic E-state index is 0.145. The van der Waals surface area contributed by atoms with Gasteiger partial charge in [-0.25, -0.2) is 0 Å². The second-order valence-corrected chi connectivity index (χ2v) is 4.06. The number of nitrogens with zero attached hydrogens (tertiary/aromatic N) is 1. The number of ether oxygens (including phenoxy) is 1. The van der Waals surface area contributed by atoms with Crippen LogP contribution in [-0.4, -0.2) is 55.5 Å². The number of thioether (sulfide) groups is 1. The number of hydrogen-bond acceptors (Lipinski definition) is 5. The molecule has 0 spiro atoms. The van der Waals surface area contributed by atoms with Crippen molar-refractivity contribution in [3.8, 4) is 0 Å². The maximum absolute atomic E-state index is 11.6. The van der Waals surface area contributed by atoms with Gasteiger partial charge in [-0.15, -0.1) is 0 Å². The first kappa shape index (κ1) is 14.2. The second-order valence-electron chi connectivity index (χ2n) is 3.15. The highest BCUT2D eigenvalue weighted by molar-refractivity contribution is 7.98.